The topological polar surface area (TPSA) is 66.2 Å². The van der Waals surface area contributed by atoms with Gasteiger partial charge in [-0.15, -0.1) is 0 Å². The summed E-state index contributed by atoms with van der Waals surface area (Å²) < 4.78 is 2.15. The lowest BCUT2D eigenvalue weighted by Gasteiger charge is -2.29. The third-order valence-electron chi connectivity index (χ3n) is 5.52. The van der Waals surface area contributed by atoms with Crippen LogP contribution in [0, 0.1) is 0 Å². The van der Waals surface area contributed by atoms with Crippen LogP contribution in [0.25, 0.3) is 0 Å². The van der Waals surface area contributed by atoms with Gasteiger partial charge >= 0.3 is 0 Å². The van der Waals surface area contributed by atoms with Crippen LogP contribution in [-0.2, 0) is 6.54 Å². The van der Waals surface area contributed by atoms with Crippen LogP contribution >= 0.6 is 23.8 Å². The van der Waals surface area contributed by atoms with Crippen LogP contribution in [0.3, 0.4) is 0 Å². The zero-order chi connectivity index (χ0) is 22.1. The molecule has 1 aliphatic rings. The van der Waals surface area contributed by atoms with E-state index >= 15 is 0 Å². The normalized spacial score (nSPS) is 18.0. The van der Waals surface area contributed by atoms with Gasteiger partial charge in [0, 0.05) is 29.3 Å². The van der Waals surface area contributed by atoms with E-state index in [1.165, 1.54) is 0 Å². The minimum atomic E-state index is -0.263. The maximum atomic E-state index is 10.7. The predicted molar refractivity (Wildman–Crippen MR) is 129 cm³/mol. The molecule has 0 spiro atoms. The molecule has 8 heteroatoms. The van der Waals surface area contributed by atoms with E-state index in [2.05, 4.69) is 25.9 Å². The van der Waals surface area contributed by atoms with Crippen molar-refractivity contribution in [2.24, 2.45) is 0 Å². The lowest BCUT2D eigenvalue weighted by atomic mass is 10.0. The summed E-state index contributed by atoms with van der Waals surface area (Å²) in [6, 6.07) is 20.2. The molecule has 6 nitrogen and oxygen atoms in total. The molecule has 0 radical (unpaired) electrons. The molecule has 0 saturated carbocycles. The Bertz CT molecular complexity index is 1250. The van der Waals surface area contributed by atoms with Crippen molar-refractivity contribution in [1.29, 1.82) is 0 Å². The lowest BCUT2D eigenvalue weighted by molar-refractivity contribution is 0.471. The minimum Gasteiger partial charge on any atom is -0.506 e. The summed E-state index contributed by atoms with van der Waals surface area (Å²) >= 11 is 12.0. The summed E-state index contributed by atoms with van der Waals surface area (Å²) in [5, 5.41) is 15.1. The number of rotatable bonds is 5. The van der Waals surface area contributed by atoms with Crippen molar-refractivity contribution in [3.05, 3.63) is 107 Å². The summed E-state index contributed by atoms with van der Waals surface area (Å²) in [6.07, 6.45) is 5.58. The number of nitrogens with zero attached hydrogens (tertiary/aromatic N) is 4. The van der Waals surface area contributed by atoms with Crippen molar-refractivity contribution in [2.45, 2.75) is 18.6 Å². The highest BCUT2D eigenvalue weighted by Crippen LogP contribution is 2.45. The van der Waals surface area contributed by atoms with Gasteiger partial charge in [-0.1, -0.05) is 23.7 Å². The number of pyridine rings is 2. The van der Waals surface area contributed by atoms with Crippen LogP contribution < -0.4 is 10.2 Å². The Balaban J connectivity index is 1.63. The first kappa shape index (κ1) is 20.5. The molecule has 160 valence electrons. The molecule has 5 rings (SSSR count). The van der Waals surface area contributed by atoms with Crippen LogP contribution in [-0.4, -0.2) is 24.8 Å². The van der Waals surface area contributed by atoms with Crippen molar-refractivity contribution in [1.82, 2.24) is 19.9 Å². The van der Waals surface area contributed by atoms with Gasteiger partial charge in [-0.2, -0.15) is 0 Å². The SMILES string of the molecule is Oc1ccc(Cl)cc1N1C(=S)N[C@H](c2ccccn2)[C@H]1c1cccn1Cc1ccccn1. The molecule has 1 fully saturated rings. The number of phenols is 1. The number of anilines is 1. The van der Waals surface area contributed by atoms with E-state index in [4.69, 9.17) is 23.8 Å². The van der Waals surface area contributed by atoms with E-state index in [-0.39, 0.29) is 17.8 Å². The summed E-state index contributed by atoms with van der Waals surface area (Å²) in [6.45, 7) is 0.608. The standard InChI is InChI=1S/C24H20ClN5OS/c25-16-9-10-21(31)20(14-16)30-23(22(28-24(30)32)18-7-2-4-12-27-18)19-8-5-13-29(19)15-17-6-1-3-11-26-17/h1-14,22-23,31H,15H2,(H,28,32)/t22-,23-/m1/s1. The fourth-order valence-corrected chi connectivity index (χ4v) is 4.62. The predicted octanol–water partition coefficient (Wildman–Crippen LogP) is 4.86. The van der Waals surface area contributed by atoms with Gasteiger partial charge in [-0.05, 0) is 66.8 Å². The van der Waals surface area contributed by atoms with Crippen molar-refractivity contribution < 1.29 is 5.11 Å². The maximum Gasteiger partial charge on any atom is 0.174 e. The van der Waals surface area contributed by atoms with Gasteiger partial charge in [0.05, 0.1) is 29.7 Å². The van der Waals surface area contributed by atoms with Crippen molar-refractivity contribution in [3.63, 3.8) is 0 Å². The van der Waals surface area contributed by atoms with Gasteiger partial charge in [-0.3, -0.25) is 9.97 Å². The van der Waals surface area contributed by atoms with E-state index in [0.717, 1.165) is 17.1 Å². The second kappa shape index (κ2) is 8.61. The number of hydrogen-bond donors (Lipinski definition) is 2. The zero-order valence-corrected chi connectivity index (χ0v) is 18.5. The Labute approximate surface area is 196 Å². The second-order valence-electron chi connectivity index (χ2n) is 7.51. The molecule has 2 atom stereocenters. The molecule has 0 aliphatic carbocycles. The molecule has 1 aromatic carbocycles. The van der Waals surface area contributed by atoms with Crippen molar-refractivity contribution in [2.75, 3.05) is 4.90 Å². The number of aromatic nitrogens is 3. The van der Waals surface area contributed by atoms with Crippen LogP contribution in [0.4, 0.5) is 5.69 Å². The molecule has 0 bridgehead atoms. The van der Waals surface area contributed by atoms with E-state index in [1.807, 2.05) is 53.6 Å². The fraction of sp³-hybridized carbons (Fsp3) is 0.125. The Morgan fingerprint density at radius 3 is 2.56 bits per heavy atom. The first-order chi connectivity index (χ1) is 15.6. The van der Waals surface area contributed by atoms with Crippen LogP contribution in [0.1, 0.15) is 29.2 Å². The van der Waals surface area contributed by atoms with E-state index in [1.54, 1.807) is 30.6 Å². The molecule has 32 heavy (non-hydrogen) atoms. The zero-order valence-electron chi connectivity index (χ0n) is 17.0. The molecular formula is C24H20ClN5OS. The third kappa shape index (κ3) is 3.81. The molecule has 4 heterocycles. The minimum absolute atomic E-state index is 0.105. The lowest BCUT2D eigenvalue weighted by Crippen LogP contribution is -2.30. The largest absolute Gasteiger partial charge is 0.506 e. The van der Waals surface area contributed by atoms with E-state index in [9.17, 15) is 5.11 Å². The summed E-state index contributed by atoms with van der Waals surface area (Å²) in [5.74, 6) is 0.105. The van der Waals surface area contributed by atoms with E-state index < -0.39 is 0 Å². The Morgan fingerprint density at radius 2 is 1.81 bits per heavy atom. The number of phenolic OH excluding ortho intramolecular Hbond substituents is 1. The number of aromatic hydroxyl groups is 1. The smallest absolute Gasteiger partial charge is 0.174 e. The summed E-state index contributed by atoms with van der Waals surface area (Å²) in [5.41, 5.74) is 3.36. The van der Waals surface area contributed by atoms with Crippen molar-refractivity contribution in [3.8, 4) is 5.75 Å². The maximum absolute atomic E-state index is 10.7. The van der Waals surface area contributed by atoms with E-state index in [0.29, 0.717) is 22.4 Å². The second-order valence-corrected chi connectivity index (χ2v) is 8.33. The van der Waals surface area contributed by atoms with Crippen molar-refractivity contribution >= 4 is 34.6 Å². The van der Waals surface area contributed by atoms with Gasteiger partial charge in [0.1, 0.15) is 11.8 Å². The van der Waals surface area contributed by atoms with Crippen LogP contribution in [0.15, 0.2) is 85.3 Å². The number of halogens is 1. The first-order valence-electron chi connectivity index (χ1n) is 10.2. The number of thiocarbonyl (C=S) groups is 1. The first-order valence-corrected chi connectivity index (χ1v) is 10.9. The quantitative estimate of drug-likeness (QED) is 0.414. The molecule has 1 aliphatic heterocycles. The molecule has 4 aromatic rings. The Hall–Kier alpha value is -3.42. The average molecular weight is 462 g/mol. The Morgan fingerprint density at radius 1 is 1.00 bits per heavy atom. The Kier molecular flexibility index (Phi) is 5.51. The number of nitrogens with one attached hydrogen (secondary N) is 1. The highest BCUT2D eigenvalue weighted by molar-refractivity contribution is 7.80. The molecule has 0 unspecified atom stereocenters. The fourth-order valence-electron chi connectivity index (χ4n) is 4.11. The van der Waals surface area contributed by atoms with Gasteiger partial charge in [0.25, 0.3) is 0 Å². The highest BCUT2D eigenvalue weighted by atomic mass is 35.5. The molecule has 1 saturated heterocycles. The molecular weight excluding hydrogens is 442 g/mol. The average Bonchev–Trinajstić information content (AvgIpc) is 3.40. The van der Waals surface area contributed by atoms with Gasteiger partial charge in [0.15, 0.2) is 5.11 Å². The van der Waals surface area contributed by atoms with Gasteiger partial charge in [0.2, 0.25) is 0 Å². The summed E-state index contributed by atoms with van der Waals surface area (Å²) in [4.78, 5) is 11.0. The summed E-state index contributed by atoms with van der Waals surface area (Å²) in [7, 11) is 0. The van der Waals surface area contributed by atoms with Gasteiger partial charge in [-0.25, -0.2) is 0 Å². The number of benzene rings is 1. The number of hydrogen-bond acceptors (Lipinski definition) is 4. The van der Waals surface area contributed by atoms with Crippen LogP contribution in [0.5, 0.6) is 5.75 Å². The molecule has 0 amide bonds. The monoisotopic (exact) mass is 461 g/mol. The third-order valence-corrected chi connectivity index (χ3v) is 6.07. The molecule has 3 aromatic heterocycles. The van der Waals surface area contributed by atoms with Gasteiger partial charge < -0.3 is 19.9 Å². The molecule has 2 N–H and O–H groups in total. The van der Waals surface area contributed by atoms with Crippen LogP contribution in [0.2, 0.25) is 5.02 Å². The highest BCUT2D eigenvalue weighted by Gasteiger charge is 2.42.